The van der Waals surface area contributed by atoms with Crippen molar-refractivity contribution in [3.63, 3.8) is 0 Å². The van der Waals surface area contributed by atoms with Crippen molar-refractivity contribution < 1.29 is 14.6 Å². The summed E-state index contributed by atoms with van der Waals surface area (Å²) in [6.45, 7) is 5.77. The zero-order chi connectivity index (χ0) is 21.0. The largest absolute Gasteiger partial charge is 0.480 e. The number of carboxylic acids is 1. The van der Waals surface area contributed by atoms with Crippen molar-refractivity contribution in [1.29, 1.82) is 0 Å². The van der Waals surface area contributed by atoms with Gasteiger partial charge in [0.1, 0.15) is 17.5 Å². The Morgan fingerprint density at radius 2 is 1.62 bits per heavy atom. The predicted octanol–water partition coefficient (Wildman–Crippen LogP) is 6.43. The number of para-hydroxylation sites is 2. The third-order valence-corrected chi connectivity index (χ3v) is 5.96. The van der Waals surface area contributed by atoms with Gasteiger partial charge in [0, 0.05) is 9.26 Å². The van der Waals surface area contributed by atoms with Crippen LogP contribution in [0.1, 0.15) is 31.0 Å². The van der Waals surface area contributed by atoms with Gasteiger partial charge >= 0.3 is 5.97 Å². The molecule has 2 unspecified atom stereocenters. The van der Waals surface area contributed by atoms with Crippen molar-refractivity contribution >= 4 is 34.2 Å². The Labute approximate surface area is 185 Å². The molecule has 0 aliphatic rings. The molecule has 0 fully saturated rings. The van der Waals surface area contributed by atoms with Crippen LogP contribution in [0, 0.1) is 10.5 Å². The first-order valence-electron chi connectivity index (χ1n) is 9.47. The molecule has 0 aliphatic carbocycles. The molecule has 3 aromatic carbocycles. The van der Waals surface area contributed by atoms with Gasteiger partial charge in [-0.25, -0.2) is 4.79 Å². The van der Waals surface area contributed by atoms with Gasteiger partial charge in [0.05, 0.1) is 6.04 Å². The molecule has 0 saturated heterocycles. The van der Waals surface area contributed by atoms with Crippen molar-refractivity contribution in [2.24, 2.45) is 0 Å². The Hall–Kier alpha value is -2.54. The molecule has 0 radical (unpaired) electrons. The summed E-state index contributed by atoms with van der Waals surface area (Å²) in [5.41, 5.74) is 2.98. The van der Waals surface area contributed by atoms with Crippen molar-refractivity contribution in [3.8, 4) is 11.5 Å². The van der Waals surface area contributed by atoms with Gasteiger partial charge in [-0.2, -0.15) is 0 Å². The number of aliphatic carboxylic acids is 1. The Morgan fingerprint density at radius 1 is 0.966 bits per heavy atom. The number of nitrogens with zero attached hydrogens (tertiary/aromatic N) is 1. The van der Waals surface area contributed by atoms with E-state index in [1.165, 1.54) is 0 Å². The lowest BCUT2D eigenvalue weighted by Gasteiger charge is -2.36. The third-order valence-electron chi connectivity index (χ3n) is 4.98. The monoisotopic (exact) mass is 501 g/mol. The van der Waals surface area contributed by atoms with Crippen LogP contribution in [0.4, 0.5) is 5.69 Å². The SMILES string of the molecule is Cc1ccccc1N(C(C)C(=O)O)C(C)c1cc(Oc2ccccc2)ccc1I. The minimum atomic E-state index is -0.855. The van der Waals surface area contributed by atoms with Crippen LogP contribution in [-0.2, 0) is 4.79 Å². The fraction of sp³-hybridized carbons (Fsp3) is 0.208. The van der Waals surface area contributed by atoms with E-state index < -0.39 is 12.0 Å². The lowest BCUT2D eigenvalue weighted by Crippen LogP contribution is -2.41. The molecule has 0 spiro atoms. The van der Waals surface area contributed by atoms with Gasteiger partial charge in [0.15, 0.2) is 0 Å². The van der Waals surface area contributed by atoms with E-state index in [-0.39, 0.29) is 6.04 Å². The number of anilines is 1. The Balaban J connectivity index is 2.01. The van der Waals surface area contributed by atoms with Gasteiger partial charge in [-0.3, -0.25) is 0 Å². The van der Waals surface area contributed by atoms with Crippen LogP contribution in [0.2, 0.25) is 0 Å². The second kappa shape index (κ2) is 9.31. The van der Waals surface area contributed by atoms with E-state index in [0.29, 0.717) is 0 Å². The summed E-state index contributed by atoms with van der Waals surface area (Å²) >= 11 is 2.30. The minimum Gasteiger partial charge on any atom is -0.480 e. The molecule has 0 heterocycles. The summed E-state index contributed by atoms with van der Waals surface area (Å²) in [6.07, 6.45) is 0. The first kappa shape index (κ1) is 21.2. The third kappa shape index (κ3) is 4.90. The average Bonchev–Trinajstić information content (AvgIpc) is 2.71. The standard InChI is InChI=1S/C24H24INO3/c1-16-9-7-8-12-23(16)26(18(3)24(27)28)17(2)21-15-20(13-14-22(21)25)29-19-10-5-4-6-11-19/h4-15,17-18H,1-3H3,(H,27,28). The van der Waals surface area contributed by atoms with Crippen LogP contribution in [0.3, 0.4) is 0 Å². The van der Waals surface area contributed by atoms with Gasteiger partial charge in [0.25, 0.3) is 0 Å². The van der Waals surface area contributed by atoms with Gasteiger partial charge < -0.3 is 14.7 Å². The number of rotatable bonds is 7. The highest BCUT2D eigenvalue weighted by Crippen LogP contribution is 2.36. The number of halogens is 1. The Kier molecular flexibility index (Phi) is 6.79. The molecule has 0 aromatic heterocycles. The highest BCUT2D eigenvalue weighted by Gasteiger charge is 2.29. The molecule has 4 nitrogen and oxygen atoms in total. The number of ether oxygens (including phenoxy) is 1. The topological polar surface area (TPSA) is 49.8 Å². The number of hydrogen-bond donors (Lipinski definition) is 1. The fourth-order valence-electron chi connectivity index (χ4n) is 3.40. The van der Waals surface area contributed by atoms with Crippen molar-refractivity contribution in [3.05, 3.63) is 87.5 Å². The van der Waals surface area contributed by atoms with Gasteiger partial charge in [-0.05, 0) is 90.9 Å². The van der Waals surface area contributed by atoms with Crippen LogP contribution >= 0.6 is 22.6 Å². The summed E-state index contributed by atoms with van der Waals surface area (Å²) in [7, 11) is 0. The maximum atomic E-state index is 11.9. The number of carbonyl (C=O) groups is 1. The summed E-state index contributed by atoms with van der Waals surface area (Å²) in [4.78, 5) is 13.8. The summed E-state index contributed by atoms with van der Waals surface area (Å²) in [6, 6.07) is 22.6. The highest BCUT2D eigenvalue weighted by molar-refractivity contribution is 14.1. The summed E-state index contributed by atoms with van der Waals surface area (Å²) in [5, 5.41) is 9.75. The first-order valence-corrected chi connectivity index (χ1v) is 10.6. The molecule has 5 heteroatoms. The second-order valence-corrected chi connectivity index (χ2v) is 8.14. The van der Waals surface area contributed by atoms with E-state index >= 15 is 0 Å². The Morgan fingerprint density at radius 3 is 2.28 bits per heavy atom. The van der Waals surface area contributed by atoms with Gasteiger partial charge in [-0.15, -0.1) is 0 Å². The molecular weight excluding hydrogens is 477 g/mol. The van der Waals surface area contributed by atoms with E-state index in [1.807, 2.05) is 91.5 Å². The van der Waals surface area contributed by atoms with E-state index in [1.54, 1.807) is 6.92 Å². The smallest absolute Gasteiger partial charge is 0.326 e. The minimum absolute atomic E-state index is 0.159. The number of carboxylic acid groups (broad SMARTS) is 1. The van der Waals surface area contributed by atoms with Crippen LogP contribution < -0.4 is 9.64 Å². The van der Waals surface area contributed by atoms with Gasteiger partial charge in [0.2, 0.25) is 0 Å². The molecule has 2 atom stereocenters. The van der Waals surface area contributed by atoms with Crippen molar-refractivity contribution in [2.45, 2.75) is 32.9 Å². The fourth-order valence-corrected chi connectivity index (χ4v) is 4.19. The maximum absolute atomic E-state index is 11.9. The van der Waals surface area contributed by atoms with Crippen LogP contribution in [0.5, 0.6) is 11.5 Å². The van der Waals surface area contributed by atoms with Crippen LogP contribution in [0.25, 0.3) is 0 Å². The summed E-state index contributed by atoms with van der Waals surface area (Å²) in [5.74, 6) is 0.639. The highest BCUT2D eigenvalue weighted by atomic mass is 127. The van der Waals surface area contributed by atoms with E-state index in [4.69, 9.17) is 4.74 Å². The Bertz CT molecular complexity index is 990. The van der Waals surface area contributed by atoms with Crippen LogP contribution in [-0.4, -0.2) is 17.1 Å². The van der Waals surface area contributed by atoms with Crippen molar-refractivity contribution in [2.75, 3.05) is 4.90 Å². The molecule has 29 heavy (non-hydrogen) atoms. The first-order chi connectivity index (χ1) is 13.9. The molecule has 0 aliphatic heterocycles. The second-order valence-electron chi connectivity index (χ2n) is 6.98. The molecule has 3 rings (SSSR count). The molecule has 0 bridgehead atoms. The van der Waals surface area contributed by atoms with E-state index in [0.717, 1.165) is 31.9 Å². The van der Waals surface area contributed by atoms with Crippen molar-refractivity contribution in [1.82, 2.24) is 0 Å². The molecule has 0 saturated carbocycles. The number of benzene rings is 3. The molecule has 1 N–H and O–H groups in total. The van der Waals surface area contributed by atoms with Crippen LogP contribution in [0.15, 0.2) is 72.8 Å². The zero-order valence-electron chi connectivity index (χ0n) is 16.7. The lowest BCUT2D eigenvalue weighted by atomic mass is 10.0. The molecular formula is C24H24INO3. The quantitative estimate of drug-likeness (QED) is 0.379. The maximum Gasteiger partial charge on any atom is 0.326 e. The molecule has 3 aromatic rings. The zero-order valence-corrected chi connectivity index (χ0v) is 18.8. The van der Waals surface area contributed by atoms with E-state index in [9.17, 15) is 9.90 Å². The predicted molar refractivity (Wildman–Crippen MR) is 125 cm³/mol. The van der Waals surface area contributed by atoms with E-state index in [2.05, 4.69) is 22.6 Å². The normalized spacial score (nSPS) is 12.8. The number of aryl methyl sites for hydroxylation is 1. The summed E-state index contributed by atoms with van der Waals surface area (Å²) < 4.78 is 7.06. The van der Waals surface area contributed by atoms with Gasteiger partial charge in [-0.1, -0.05) is 36.4 Å². The average molecular weight is 501 g/mol. The number of hydrogen-bond acceptors (Lipinski definition) is 3. The molecule has 150 valence electrons. The molecule has 0 amide bonds. The lowest BCUT2D eigenvalue weighted by molar-refractivity contribution is -0.138.